The largest absolute Gasteiger partial charge is 0.330 e. The molecule has 1 aliphatic rings. The Morgan fingerprint density at radius 1 is 1.53 bits per heavy atom. The van der Waals surface area contributed by atoms with Gasteiger partial charge in [0.15, 0.2) is 0 Å². The summed E-state index contributed by atoms with van der Waals surface area (Å²) in [5.74, 6) is 0.695. The number of nitrogens with two attached hydrogens (primary N) is 1. The maximum absolute atomic E-state index is 5.85. The zero-order valence-corrected chi connectivity index (χ0v) is 11.7. The van der Waals surface area contributed by atoms with Gasteiger partial charge in [0.2, 0.25) is 0 Å². The van der Waals surface area contributed by atoms with Gasteiger partial charge in [-0.1, -0.05) is 13.0 Å². The van der Waals surface area contributed by atoms with E-state index in [1.165, 1.54) is 30.7 Å². The molecular weight excluding hydrogens is 228 g/mol. The van der Waals surface area contributed by atoms with Crippen LogP contribution in [0.5, 0.6) is 0 Å². The minimum atomic E-state index is 0.597. The van der Waals surface area contributed by atoms with E-state index < -0.39 is 0 Å². The van der Waals surface area contributed by atoms with Crippen LogP contribution in [0.2, 0.25) is 0 Å². The zero-order chi connectivity index (χ0) is 12.3. The molecule has 2 N–H and O–H groups in total. The topological polar surface area (TPSA) is 29.3 Å². The van der Waals surface area contributed by atoms with Crippen LogP contribution in [0.25, 0.3) is 0 Å². The predicted octanol–water partition coefficient (Wildman–Crippen LogP) is 3.26. The Labute approximate surface area is 109 Å². The molecule has 0 radical (unpaired) electrons. The lowest BCUT2D eigenvalue weighted by Gasteiger charge is -2.42. The van der Waals surface area contributed by atoms with E-state index in [1.54, 1.807) is 0 Å². The van der Waals surface area contributed by atoms with Crippen LogP contribution in [-0.2, 0) is 0 Å². The fourth-order valence-corrected chi connectivity index (χ4v) is 3.85. The quantitative estimate of drug-likeness (QED) is 0.891. The Hall–Kier alpha value is -0.380. The number of rotatable bonds is 4. The highest BCUT2D eigenvalue weighted by Crippen LogP contribution is 2.34. The minimum Gasteiger partial charge on any atom is -0.330 e. The van der Waals surface area contributed by atoms with Gasteiger partial charge in [-0.15, -0.1) is 11.3 Å². The molecule has 2 nitrogen and oxygen atoms in total. The number of nitrogens with zero attached hydrogens (tertiary/aromatic N) is 1. The van der Waals surface area contributed by atoms with Gasteiger partial charge in [0.05, 0.1) is 0 Å². The lowest BCUT2D eigenvalue weighted by Crippen LogP contribution is -2.45. The second kappa shape index (κ2) is 5.98. The molecule has 3 unspecified atom stereocenters. The number of piperidine rings is 1. The van der Waals surface area contributed by atoms with Crippen LogP contribution in [0.4, 0.5) is 0 Å². The van der Waals surface area contributed by atoms with E-state index >= 15 is 0 Å². The van der Waals surface area contributed by atoms with E-state index in [4.69, 9.17) is 5.73 Å². The van der Waals surface area contributed by atoms with E-state index in [9.17, 15) is 0 Å². The van der Waals surface area contributed by atoms with Gasteiger partial charge in [-0.3, -0.25) is 4.90 Å². The Morgan fingerprint density at radius 3 is 2.94 bits per heavy atom. The normalized spacial score (nSPS) is 28.2. The first-order chi connectivity index (χ1) is 8.26. The molecule has 2 heterocycles. The van der Waals surface area contributed by atoms with Crippen LogP contribution in [-0.4, -0.2) is 24.0 Å². The molecule has 96 valence electrons. The van der Waals surface area contributed by atoms with Crippen LogP contribution in [0.3, 0.4) is 0 Å². The Kier molecular flexibility index (Phi) is 4.60. The van der Waals surface area contributed by atoms with Gasteiger partial charge in [-0.25, -0.2) is 0 Å². The minimum absolute atomic E-state index is 0.597. The average molecular weight is 252 g/mol. The number of likely N-dealkylation sites (tertiary alicyclic amines) is 1. The van der Waals surface area contributed by atoms with Crippen molar-refractivity contribution in [1.82, 2.24) is 4.90 Å². The smallest absolute Gasteiger partial charge is 0.0441 e. The number of hydrogen-bond acceptors (Lipinski definition) is 3. The van der Waals surface area contributed by atoms with Gasteiger partial charge >= 0.3 is 0 Å². The summed E-state index contributed by atoms with van der Waals surface area (Å²) in [6.07, 6.45) is 3.79. The van der Waals surface area contributed by atoms with E-state index in [0.717, 1.165) is 6.54 Å². The summed E-state index contributed by atoms with van der Waals surface area (Å²) in [5.41, 5.74) is 5.85. The molecule has 1 aromatic rings. The lowest BCUT2D eigenvalue weighted by atomic mass is 9.91. The lowest BCUT2D eigenvalue weighted by molar-refractivity contribution is 0.0727. The monoisotopic (exact) mass is 252 g/mol. The zero-order valence-electron chi connectivity index (χ0n) is 10.9. The van der Waals surface area contributed by atoms with Crippen molar-refractivity contribution in [2.24, 2.45) is 11.7 Å². The summed E-state index contributed by atoms with van der Waals surface area (Å²) in [6, 6.07) is 5.74. The van der Waals surface area contributed by atoms with Gasteiger partial charge in [-0.2, -0.15) is 0 Å². The van der Waals surface area contributed by atoms with Crippen molar-refractivity contribution in [2.75, 3.05) is 13.1 Å². The fraction of sp³-hybridized carbons (Fsp3) is 0.714. The van der Waals surface area contributed by atoms with Crippen LogP contribution in [0.1, 0.15) is 44.0 Å². The number of thiophene rings is 1. The van der Waals surface area contributed by atoms with Gasteiger partial charge in [0.25, 0.3) is 0 Å². The molecule has 0 aromatic carbocycles. The summed E-state index contributed by atoms with van der Waals surface area (Å²) >= 11 is 1.89. The highest BCUT2D eigenvalue weighted by atomic mass is 32.1. The standard InChI is InChI=1S/C14H24N2S/c1-3-13(14-5-4-8-17-14)16-10-12(9-15)7-6-11(16)2/h4-5,8,11-13H,3,6-7,9-10,15H2,1-2H3. The third kappa shape index (κ3) is 2.90. The van der Waals surface area contributed by atoms with Crippen molar-refractivity contribution in [1.29, 1.82) is 0 Å². The van der Waals surface area contributed by atoms with E-state index in [2.05, 4.69) is 36.3 Å². The summed E-state index contributed by atoms with van der Waals surface area (Å²) in [5, 5.41) is 2.19. The molecular formula is C14H24N2S. The van der Waals surface area contributed by atoms with Crippen LogP contribution in [0, 0.1) is 5.92 Å². The summed E-state index contributed by atoms with van der Waals surface area (Å²) in [6.45, 7) is 6.67. The first kappa shape index (κ1) is 13.1. The fourth-order valence-electron chi connectivity index (χ4n) is 2.92. The van der Waals surface area contributed by atoms with Crippen molar-refractivity contribution in [3.63, 3.8) is 0 Å². The Balaban J connectivity index is 2.12. The summed E-state index contributed by atoms with van der Waals surface area (Å²) in [4.78, 5) is 4.18. The van der Waals surface area contributed by atoms with Gasteiger partial charge in [0, 0.05) is 23.5 Å². The maximum Gasteiger partial charge on any atom is 0.0441 e. The predicted molar refractivity (Wildman–Crippen MR) is 75.3 cm³/mol. The molecule has 0 bridgehead atoms. The average Bonchev–Trinajstić information content (AvgIpc) is 2.86. The summed E-state index contributed by atoms with van der Waals surface area (Å²) in [7, 11) is 0. The molecule has 1 saturated heterocycles. The van der Waals surface area contributed by atoms with E-state index in [-0.39, 0.29) is 0 Å². The molecule has 3 atom stereocenters. The second-order valence-corrected chi connectivity index (χ2v) is 6.14. The molecule has 17 heavy (non-hydrogen) atoms. The molecule has 0 saturated carbocycles. The SMILES string of the molecule is CCC(c1cccs1)N1CC(CN)CCC1C. The second-order valence-electron chi connectivity index (χ2n) is 5.16. The molecule has 1 fully saturated rings. The van der Waals surface area contributed by atoms with E-state index in [0.29, 0.717) is 18.0 Å². The third-order valence-corrected chi connectivity index (χ3v) is 4.99. The first-order valence-electron chi connectivity index (χ1n) is 6.75. The Morgan fingerprint density at radius 2 is 2.35 bits per heavy atom. The molecule has 1 aliphatic heterocycles. The third-order valence-electron chi connectivity index (χ3n) is 4.02. The van der Waals surface area contributed by atoms with Gasteiger partial charge in [-0.05, 0) is 50.1 Å². The van der Waals surface area contributed by atoms with Crippen LogP contribution < -0.4 is 5.73 Å². The summed E-state index contributed by atoms with van der Waals surface area (Å²) < 4.78 is 0. The number of hydrogen-bond donors (Lipinski definition) is 1. The van der Waals surface area contributed by atoms with Crippen molar-refractivity contribution >= 4 is 11.3 Å². The molecule has 0 aliphatic carbocycles. The van der Waals surface area contributed by atoms with Gasteiger partial charge < -0.3 is 5.73 Å². The van der Waals surface area contributed by atoms with Crippen molar-refractivity contribution in [2.45, 2.75) is 45.2 Å². The van der Waals surface area contributed by atoms with Crippen molar-refractivity contribution < 1.29 is 0 Å². The highest BCUT2D eigenvalue weighted by molar-refractivity contribution is 7.10. The van der Waals surface area contributed by atoms with Crippen molar-refractivity contribution in [3.8, 4) is 0 Å². The van der Waals surface area contributed by atoms with Crippen LogP contribution in [0.15, 0.2) is 17.5 Å². The molecule has 1 aromatic heterocycles. The van der Waals surface area contributed by atoms with Gasteiger partial charge in [0.1, 0.15) is 0 Å². The van der Waals surface area contributed by atoms with E-state index in [1.807, 2.05) is 11.3 Å². The molecule has 2 rings (SSSR count). The van der Waals surface area contributed by atoms with Crippen LogP contribution >= 0.6 is 11.3 Å². The molecule has 0 amide bonds. The van der Waals surface area contributed by atoms with Crippen molar-refractivity contribution in [3.05, 3.63) is 22.4 Å². The highest BCUT2D eigenvalue weighted by Gasteiger charge is 2.30. The Bertz CT molecular complexity index is 323. The molecule has 3 heteroatoms. The maximum atomic E-state index is 5.85. The molecule has 0 spiro atoms. The first-order valence-corrected chi connectivity index (χ1v) is 7.63.